The lowest BCUT2D eigenvalue weighted by molar-refractivity contribution is -0.274. The second kappa shape index (κ2) is 12.2. The van der Waals surface area contributed by atoms with Crippen LogP contribution in [0, 0.1) is 11.8 Å². The van der Waals surface area contributed by atoms with Crippen LogP contribution in [-0.2, 0) is 24.3 Å². The fourth-order valence-corrected chi connectivity index (χ4v) is 5.07. The standard InChI is InChI=1S/C25H27F3N2O7S/c1-3-35-21-15-16(29-23(31)19-10-5-6-11-20(19)24(32)36-4-2)12-13-22(21)38(33,34)30-17-8-7-9-18(14-17)37-25(26,27)28/h5-9,12-15,19-20,30H,3-4,10-11H2,1-2H3,(H,29,31)/t19-,20-/m0/s1. The number of carbonyl (C=O) groups excluding carboxylic acids is 2. The Morgan fingerprint density at radius 3 is 2.34 bits per heavy atom. The molecule has 2 aromatic carbocycles. The first-order chi connectivity index (χ1) is 17.9. The lowest BCUT2D eigenvalue weighted by atomic mass is 9.82. The van der Waals surface area contributed by atoms with Crippen molar-refractivity contribution in [3.05, 3.63) is 54.6 Å². The topological polar surface area (TPSA) is 120 Å². The molecule has 0 spiro atoms. The Labute approximate surface area is 218 Å². The van der Waals surface area contributed by atoms with Gasteiger partial charge in [-0.05, 0) is 51.0 Å². The second-order valence-electron chi connectivity index (χ2n) is 8.17. The maximum atomic E-state index is 13.1. The van der Waals surface area contributed by atoms with E-state index in [9.17, 15) is 31.2 Å². The van der Waals surface area contributed by atoms with Gasteiger partial charge in [0.25, 0.3) is 10.0 Å². The van der Waals surface area contributed by atoms with E-state index in [0.29, 0.717) is 12.8 Å². The number of halogens is 3. The van der Waals surface area contributed by atoms with Crippen LogP contribution in [0.1, 0.15) is 26.7 Å². The molecule has 3 rings (SSSR count). The molecule has 1 amide bonds. The lowest BCUT2D eigenvalue weighted by Crippen LogP contribution is -2.35. The molecule has 0 saturated carbocycles. The van der Waals surface area contributed by atoms with Crippen LogP contribution < -0.4 is 19.5 Å². The zero-order valence-electron chi connectivity index (χ0n) is 20.6. The number of allylic oxidation sites excluding steroid dienone is 2. The van der Waals surface area contributed by atoms with E-state index in [0.717, 1.165) is 12.1 Å². The van der Waals surface area contributed by atoms with Crippen LogP contribution in [0.4, 0.5) is 24.5 Å². The van der Waals surface area contributed by atoms with Crippen LogP contribution in [0.2, 0.25) is 0 Å². The number of hydrogen-bond donors (Lipinski definition) is 2. The summed E-state index contributed by atoms with van der Waals surface area (Å²) in [5, 5.41) is 2.70. The van der Waals surface area contributed by atoms with E-state index in [2.05, 4.69) is 14.8 Å². The monoisotopic (exact) mass is 556 g/mol. The van der Waals surface area contributed by atoms with Crippen molar-refractivity contribution in [1.29, 1.82) is 0 Å². The number of carbonyl (C=O) groups is 2. The summed E-state index contributed by atoms with van der Waals surface area (Å²) < 4.78 is 80.3. The van der Waals surface area contributed by atoms with Crippen molar-refractivity contribution in [2.45, 2.75) is 37.9 Å². The molecule has 0 bridgehead atoms. The summed E-state index contributed by atoms with van der Waals surface area (Å²) in [5.74, 6) is -2.92. The Balaban J connectivity index is 1.82. The molecule has 0 heterocycles. The van der Waals surface area contributed by atoms with E-state index in [1.807, 2.05) is 12.2 Å². The fourth-order valence-electron chi connectivity index (χ4n) is 3.89. The SMILES string of the molecule is CCOC(=O)[C@H]1CC=CC[C@@H]1C(=O)Nc1ccc(S(=O)(=O)Nc2cccc(OC(F)(F)F)c2)c(OCC)c1. The first-order valence-corrected chi connectivity index (χ1v) is 13.2. The highest BCUT2D eigenvalue weighted by Gasteiger charge is 2.35. The van der Waals surface area contributed by atoms with Crippen molar-refractivity contribution in [1.82, 2.24) is 0 Å². The molecule has 2 aromatic rings. The molecule has 0 aromatic heterocycles. The summed E-state index contributed by atoms with van der Waals surface area (Å²) in [7, 11) is -4.31. The normalized spacial score (nSPS) is 17.4. The first kappa shape index (κ1) is 28.8. The molecule has 2 N–H and O–H groups in total. The predicted octanol–water partition coefficient (Wildman–Crippen LogP) is 4.87. The number of esters is 1. The van der Waals surface area contributed by atoms with E-state index in [1.165, 1.54) is 30.3 Å². The summed E-state index contributed by atoms with van der Waals surface area (Å²) >= 11 is 0. The van der Waals surface area contributed by atoms with E-state index in [1.54, 1.807) is 13.8 Å². The molecule has 1 aliphatic rings. The minimum absolute atomic E-state index is 0.0905. The molecule has 0 unspecified atom stereocenters. The van der Waals surface area contributed by atoms with Crippen molar-refractivity contribution >= 4 is 33.3 Å². The maximum Gasteiger partial charge on any atom is 0.573 e. The van der Waals surface area contributed by atoms with Crippen LogP contribution in [0.5, 0.6) is 11.5 Å². The van der Waals surface area contributed by atoms with Gasteiger partial charge in [-0.2, -0.15) is 0 Å². The Bertz CT molecular complexity index is 1300. The number of benzene rings is 2. The Morgan fingerprint density at radius 2 is 1.68 bits per heavy atom. The van der Waals surface area contributed by atoms with Crippen molar-refractivity contribution in [3.63, 3.8) is 0 Å². The summed E-state index contributed by atoms with van der Waals surface area (Å²) in [6, 6.07) is 8.23. The highest BCUT2D eigenvalue weighted by Crippen LogP contribution is 2.33. The quantitative estimate of drug-likeness (QED) is 0.317. The van der Waals surface area contributed by atoms with E-state index >= 15 is 0 Å². The smallest absolute Gasteiger partial charge is 0.492 e. The summed E-state index contributed by atoms with van der Waals surface area (Å²) in [6.07, 6.45) is -0.623. The lowest BCUT2D eigenvalue weighted by Gasteiger charge is -2.26. The fraction of sp³-hybridized carbons (Fsp3) is 0.360. The second-order valence-corrected chi connectivity index (χ2v) is 9.82. The molecular formula is C25H27F3N2O7S. The van der Waals surface area contributed by atoms with Crippen LogP contribution in [-0.4, -0.2) is 39.9 Å². The average molecular weight is 557 g/mol. The number of sulfonamides is 1. The zero-order valence-corrected chi connectivity index (χ0v) is 21.4. The maximum absolute atomic E-state index is 13.1. The van der Waals surface area contributed by atoms with Crippen LogP contribution in [0.3, 0.4) is 0 Å². The number of anilines is 2. The van der Waals surface area contributed by atoms with Gasteiger partial charge in [0, 0.05) is 17.8 Å². The average Bonchev–Trinajstić information content (AvgIpc) is 2.83. The van der Waals surface area contributed by atoms with Gasteiger partial charge in [-0.1, -0.05) is 18.2 Å². The van der Waals surface area contributed by atoms with E-state index in [-0.39, 0.29) is 35.2 Å². The number of amides is 1. The summed E-state index contributed by atoms with van der Waals surface area (Å²) in [6.45, 7) is 3.59. The molecule has 2 atom stereocenters. The van der Waals surface area contributed by atoms with Crippen molar-refractivity contribution in [2.24, 2.45) is 11.8 Å². The minimum atomic E-state index is -4.94. The van der Waals surface area contributed by atoms with Crippen LogP contribution >= 0.6 is 0 Å². The highest BCUT2D eigenvalue weighted by atomic mass is 32.2. The third-order valence-electron chi connectivity index (χ3n) is 5.48. The first-order valence-electron chi connectivity index (χ1n) is 11.7. The molecule has 38 heavy (non-hydrogen) atoms. The molecule has 9 nitrogen and oxygen atoms in total. The van der Waals surface area contributed by atoms with Gasteiger partial charge in [0.2, 0.25) is 5.91 Å². The number of nitrogens with one attached hydrogen (secondary N) is 2. The highest BCUT2D eigenvalue weighted by molar-refractivity contribution is 7.92. The number of rotatable bonds is 10. The van der Waals surface area contributed by atoms with Gasteiger partial charge in [-0.25, -0.2) is 8.42 Å². The zero-order chi connectivity index (χ0) is 27.9. The van der Waals surface area contributed by atoms with Crippen LogP contribution in [0.25, 0.3) is 0 Å². The van der Waals surface area contributed by atoms with Crippen molar-refractivity contribution in [2.75, 3.05) is 23.3 Å². The van der Waals surface area contributed by atoms with Crippen molar-refractivity contribution in [3.8, 4) is 11.5 Å². The number of alkyl halides is 3. The molecule has 0 aliphatic heterocycles. The Kier molecular flexibility index (Phi) is 9.26. The molecule has 0 saturated heterocycles. The Morgan fingerprint density at radius 1 is 0.974 bits per heavy atom. The van der Waals surface area contributed by atoms with Gasteiger partial charge < -0.3 is 19.5 Å². The van der Waals surface area contributed by atoms with Gasteiger partial charge in [-0.15, -0.1) is 13.2 Å². The van der Waals surface area contributed by atoms with Gasteiger partial charge >= 0.3 is 12.3 Å². The molecule has 1 aliphatic carbocycles. The van der Waals surface area contributed by atoms with Gasteiger partial charge in [0.1, 0.15) is 16.4 Å². The minimum Gasteiger partial charge on any atom is -0.492 e. The van der Waals surface area contributed by atoms with Gasteiger partial charge in [0.15, 0.2) is 0 Å². The third-order valence-corrected chi connectivity index (χ3v) is 6.90. The predicted molar refractivity (Wildman–Crippen MR) is 132 cm³/mol. The summed E-state index contributed by atoms with van der Waals surface area (Å²) in [5.41, 5.74) is 0.0667. The number of hydrogen-bond acceptors (Lipinski definition) is 7. The van der Waals surface area contributed by atoms with Gasteiger partial charge in [0.05, 0.1) is 30.7 Å². The van der Waals surface area contributed by atoms with Crippen LogP contribution in [0.15, 0.2) is 59.5 Å². The summed E-state index contributed by atoms with van der Waals surface area (Å²) in [4.78, 5) is 25.0. The van der Waals surface area contributed by atoms with Crippen molar-refractivity contribution < 1.29 is 45.4 Å². The largest absolute Gasteiger partial charge is 0.573 e. The Hall–Kier alpha value is -3.74. The van der Waals surface area contributed by atoms with E-state index < -0.39 is 45.8 Å². The molecular weight excluding hydrogens is 529 g/mol. The molecule has 13 heteroatoms. The van der Waals surface area contributed by atoms with Gasteiger partial charge in [-0.3, -0.25) is 14.3 Å². The molecule has 206 valence electrons. The molecule has 0 radical (unpaired) electrons. The number of ether oxygens (including phenoxy) is 3. The third kappa shape index (κ3) is 7.63. The van der Waals surface area contributed by atoms with E-state index in [4.69, 9.17) is 9.47 Å². The molecule has 0 fully saturated rings.